The lowest BCUT2D eigenvalue weighted by Crippen LogP contribution is -2.51. The predicted molar refractivity (Wildman–Crippen MR) is 154 cm³/mol. The van der Waals surface area contributed by atoms with Crippen molar-refractivity contribution in [2.45, 2.75) is 64.4 Å². The maximum Gasteiger partial charge on any atom is 0.410 e. The second kappa shape index (κ2) is 12.0. The lowest BCUT2D eigenvalue weighted by atomic mass is 10.1. The van der Waals surface area contributed by atoms with Crippen LogP contribution in [0.25, 0.3) is 5.69 Å². The van der Waals surface area contributed by atoms with Gasteiger partial charge in [-0.15, -0.1) is 0 Å². The molecule has 13 heteroatoms. The molecule has 0 aliphatic carbocycles. The van der Waals surface area contributed by atoms with Crippen LogP contribution in [0.1, 0.15) is 47.5 Å². The summed E-state index contributed by atoms with van der Waals surface area (Å²) in [6.45, 7) is 11.1. The molecule has 0 radical (unpaired) electrons. The molecule has 220 valence electrons. The number of hydrogen-bond acceptors (Lipinski definition) is 8. The fourth-order valence-corrected chi connectivity index (χ4v) is 6.14. The van der Waals surface area contributed by atoms with E-state index in [2.05, 4.69) is 5.10 Å². The zero-order valence-electron chi connectivity index (χ0n) is 23.7. The van der Waals surface area contributed by atoms with E-state index in [1.807, 2.05) is 25.7 Å². The molecule has 4 rings (SSSR count). The van der Waals surface area contributed by atoms with Crippen molar-refractivity contribution in [1.82, 2.24) is 19.0 Å². The number of piperidine rings is 1. The number of sulfonamides is 1. The third kappa shape index (κ3) is 6.90. The molecule has 2 aliphatic heterocycles. The number of hydrogen-bond donors (Lipinski definition) is 0. The molecule has 2 saturated heterocycles. The van der Waals surface area contributed by atoms with Gasteiger partial charge in [-0.3, -0.25) is 4.79 Å². The number of anilines is 1. The minimum atomic E-state index is -3.38. The SMILES string of the molecule is CC(C)S(=O)(=O)N1CCN(c2cnn(-c3cccc(Cl)c3)c(=O)c2OC2CCN(C(=O)OC(C)(C)C)CC2)CC1. The van der Waals surface area contributed by atoms with Crippen molar-refractivity contribution in [3.63, 3.8) is 0 Å². The quantitative estimate of drug-likeness (QED) is 0.498. The van der Waals surface area contributed by atoms with Crippen LogP contribution >= 0.6 is 11.6 Å². The topological polar surface area (TPSA) is 114 Å². The van der Waals surface area contributed by atoms with Gasteiger partial charge in [-0.1, -0.05) is 17.7 Å². The first-order valence-corrected chi connectivity index (χ1v) is 15.4. The maximum absolute atomic E-state index is 13.8. The monoisotopic (exact) mass is 595 g/mol. The lowest BCUT2D eigenvalue weighted by molar-refractivity contribution is 0.0125. The average Bonchev–Trinajstić information content (AvgIpc) is 2.89. The average molecular weight is 596 g/mol. The van der Waals surface area contributed by atoms with Crippen molar-refractivity contribution in [3.05, 3.63) is 45.8 Å². The summed E-state index contributed by atoms with van der Waals surface area (Å²) in [7, 11) is -3.38. The van der Waals surface area contributed by atoms with Gasteiger partial charge >= 0.3 is 11.7 Å². The first-order chi connectivity index (χ1) is 18.8. The first kappa shape index (κ1) is 30.1. The van der Waals surface area contributed by atoms with E-state index in [1.165, 1.54) is 8.99 Å². The van der Waals surface area contributed by atoms with E-state index >= 15 is 0 Å². The van der Waals surface area contributed by atoms with Crippen LogP contribution in [0.15, 0.2) is 35.3 Å². The van der Waals surface area contributed by atoms with Crippen LogP contribution in [-0.4, -0.2) is 89.7 Å². The molecule has 11 nitrogen and oxygen atoms in total. The zero-order chi connectivity index (χ0) is 29.2. The molecule has 0 N–H and O–H groups in total. The molecule has 2 aromatic rings. The second-order valence-corrected chi connectivity index (χ2v) is 14.2. The van der Waals surface area contributed by atoms with Gasteiger partial charge in [-0.2, -0.15) is 14.1 Å². The van der Waals surface area contributed by atoms with E-state index in [1.54, 1.807) is 49.2 Å². The van der Waals surface area contributed by atoms with Crippen LogP contribution in [0.3, 0.4) is 0 Å². The van der Waals surface area contributed by atoms with Gasteiger partial charge in [-0.05, 0) is 52.8 Å². The van der Waals surface area contributed by atoms with Crippen LogP contribution in [0.4, 0.5) is 10.5 Å². The van der Waals surface area contributed by atoms with E-state index in [-0.39, 0.29) is 17.9 Å². The summed E-state index contributed by atoms with van der Waals surface area (Å²) in [4.78, 5) is 29.9. The molecular formula is C27H38ClN5O6S. The fraction of sp³-hybridized carbons (Fsp3) is 0.593. The molecule has 2 aliphatic rings. The number of carbonyl (C=O) groups is 1. The summed E-state index contributed by atoms with van der Waals surface area (Å²) >= 11 is 6.17. The number of benzene rings is 1. The van der Waals surface area contributed by atoms with Gasteiger partial charge in [0.15, 0.2) is 0 Å². The van der Waals surface area contributed by atoms with E-state index in [0.29, 0.717) is 68.5 Å². The minimum absolute atomic E-state index is 0.144. The van der Waals surface area contributed by atoms with Crippen molar-refractivity contribution < 1.29 is 22.7 Å². The summed E-state index contributed by atoms with van der Waals surface area (Å²) in [5, 5.41) is 4.37. The minimum Gasteiger partial charge on any atom is -0.483 e. The molecular weight excluding hydrogens is 558 g/mol. The number of ether oxygens (including phenoxy) is 2. The van der Waals surface area contributed by atoms with Crippen LogP contribution in [0.2, 0.25) is 5.02 Å². The number of likely N-dealkylation sites (tertiary alicyclic amines) is 1. The standard InChI is InChI=1S/C27H38ClN5O6S/c1-19(2)40(36,37)32-15-13-30(14-16-32)23-18-29-33(21-8-6-7-20(28)17-21)25(34)24(23)38-22-9-11-31(12-10-22)26(35)39-27(3,4)5/h6-8,17-19,22H,9-16H2,1-5H3. The van der Waals surface area contributed by atoms with E-state index in [4.69, 9.17) is 21.1 Å². The zero-order valence-corrected chi connectivity index (χ0v) is 25.2. The largest absolute Gasteiger partial charge is 0.483 e. The Morgan fingerprint density at radius 1 is 1.07 bits per heavy atom. The summed E-state index contributed by atoms with van der Waals surface area (Å²) < 4.78 is 39.9. The molecule has 0 unspecified atom stereocenters. The van der Waals surface area contributed by atoms with E-state index < -0.39 is 26.4 Å². The summed E-state index contributed by atoms with van der Waals surface area (Å²) in [5.74, 6) is 0.144. The molecule has 0 atom stereocenters. The molecule has 0 spiro atoms. The Morgan fingerprint density at radius 3 is 2.30 bits per heavy atom. The highest BCUT2D eigenvalue weighted by atomic mass is 35.5. The van der Waals surface area contributed by atoms with Gasteiger partial charge in [0.05, 0.1) is 17.1 Å². The Morgan fingerprint density at radius 2 is 1.73 bits per heavy atom. The number of carbonyl (C=O) groups excluding carboxylic acids is 1. The van der Waals surface area contributed by atoms with Crippen LogP contribution in [0.5, 0.6) is 5.75 Å². The smallest absolute Gasteiger partial charge is 0.410 e. The van der Waals surface area contributed by atoms with Gasteiger partial charge in [0.1, 0.15) is 17.4 Å². The Bertz CT molecular complexity index is 1370. The number of nitrogens with zero attached hydrogens (tertiary/aromatic N) is 5. The number of piperazine rings is 1. The lowest BCUT2D eigenvalue weighted by Gasteiger charge is -2.37. The molecule has 1 amide bonds. The van der Waals surface area contributed by atoms with Crippen LogP contribution in [-0.2, 0) is 14.8 Å². The first-order valence-electron chi connectivity index (χ1n) is 13.5. The highest BCUT2D eigenvalue weighted by Gasteiger charge is 2.33. The third-order valence-electron chi connectivity index (χ3n) is 6.88. The third-order valence-corrected chi connectivity index (χ3v) is 9.39. The molecule has 1 aromatic heterocycles. The maximum atomic E-state index is 13.8. The molecule has 40 heavy (non-hydrogen) atoms. The highest BCUT2D eigenvalue weighted by molar-refractivity contribution is 7.89. The Labute approximate surface area is 240 Å². The molecule has 2 fully saturated rings. The Hall–Kier alpha value is -2.83. The van der Waals surface area contributed by atoms with E-state index in [9.17, 15) is 18.0 Å². The molecule has 0 saturated carbocycles. The van der Waals surface area contributed by atoms with Gasteiger partial charge < -0.3 is 19.3 Å². The number of aromatic nitrogens is 2. The normalized spacial score (nSPS) is 17.8. The Kier molecular flexibility index (Phi) is 9.01. The van der Waals surface area contributed by atoms with Crippen LogP contribution < -0.4 is 15.2 Å². The van der Waals surface area contributed by atoms with Crippen molar-refractivity contribution in [2.24, 2.45) is 0 Å². The number of rotatable bonds is 6. The summed E-state index contributed by atoms with van der Waals surface area (Å²) in [6.07, 6.45) is 1.96. The van der Waals surface area contributed by atoms with Gasteiger partial charge in [0.25, 0.3) is 0 Å². The van der Waals surface area contributed by atoms with Gasteiger partial charge in [0.2, 0.25) is 15.8 Å². The summed E-state index contributed by atoms with van der Waals surface area (Å²) in [6, 6.07) is 6.83. The Balaban J connectivity index is 1.58. The summed E-state index contributed by atoms with van der Waals surface area (Å²) in [5.41, 5.74) is -0.00663. The van der Waals surface area contributed by atoms with Crippen LogP contribution in [0, 0.1) is 0 Å². The molecule has 0 bridgehead atoms. The number of amides is 1. The van der Waals surface area contributed by atoms with Gasteiger partial charge in [0, 0.05) is 57.1 Å². The van der Waals surface area contributed by atoms with Gasteiger partial charge in [-0.25, -0.2) is 13.2 Å². The van der Waals surface area contributed by atoms with Crippen molar-refractivity contribution in [1.29, 1.82) is 0 Å². The van der Waals surface area contributed by atoms with E-state index in [0.717, 1.165) is 0 Å². The fourth-order valence-electron chi connectivity index (χ4n) is 4.69. The predicted octanol–water partition coefficient (Wildman–Crippen LogP) is 3.52. The van der Waals surface area contributed by atoms with Crippen molar-refractivity contribution in [3.8, 4) is 11.4 Å². The molecule has 3 heterocycles. The number of halogens is 1. The molecule has 1 aromatic carbocycles. The second-order valence-electron chi connectivity index (χ2n) is 11.3. The van der Waals surface area contributed by atoms with Crippen molar-refractivity contribution >= 4 is 33.4 Å². The highest BCUT2D eigenvalue weighted by Crippen LogP contribution is 2.29. The van der Waals surface area contributed by atoms with Crippen molar-refractivity contribution in [2.75, 3.05) is 44.2 Å².